The molecule has 1 amide bonds. The van der Waals surface area contributed by atoms with Gasteiger partial charge in [0.1, 0.15) is 29.6 Å². The molecule has 0 saturated carbocycles. The number of carbonyl (C=O) groups is 1. The molecule has 0 unspecified atom stereocenters. The van der Waals surface area contributed by atoms with Gasteiger partial charge in [0.15, 0.2) is 9.84 Å². The maximum absolute atomic E-state index is 12.7. The van der Waals surface area contributed by atoms with Gasteiger partial charge in [-0.1, -0.05) is 24.3 Å². The van der Waals surface area contributed by atoms with Crippen LogP contribution < -0.4 is 10.1 Å². The number of imidazole rings is 1. The van der Waals surface area contributed by atoms with Crippen molar-refractivity contribution in [1.29, 1.82) is 0 Å². The Morgan fingerprint density at radius 3 is 2.47 bits per heavy atom. The lowest BCUT2D eigenvalue weighted by atomic mass is 10.2. The van der Waals surface area contributed by atoms with Gasteiger partial charge in [0.05, 0.1) is 11.0 Å². The number of hydrogen-bond acceptors (Lipinski definition) is 5. The highest BCUT2D eigenvalue weighted by Crippen LogP contribution is 2.24. The van der Waals surface area contributed by atoms with Gasteiger partial charge in [0, 0.05) is 11.9 Å². The van der Waals surface area contributed by atoms with Crippen LogP contribution in [0.2, 0.25) is 0 Å². The first-order chi connectivity index (χ1) is 15.3. The molecule has 32 heavy (non-hydrogen) atoms. The minimum atomic E-state index is -3.30. The standard InChI is InChI=1S/C24H23N3O4S/c1-17-6-5-7-20(14-17)31-19-12-10-18(11-13-19)25-24(28)15-27-22-9-4-3-8-21(22)26-23(27)16-32(2,29)30/h3-14H,15-16H2,1-2H3,(H,25,28). The van der Waals surface area contributed by atoms with Gasteiger partial charge in [-0.3, -0.25) is 4.79 Å². The number of nitrogens with one attached hydrogen (secondary N) is 1. The Hall–Kier alpha value is -3.65. The highest BCUT2D eigenvalue weighted by molar-refractivity contribution is 7.89. The number of aryl methyl sites for hydroxylation is 1. The molecule has 0 atom stereocenters. The number of carbonyl (C=O) groups excluding carboxylic acids is 1. The van der Waals surface area contributed by atoms with E-state index in [4.69, 9.17) is 4.74 Å². The molecule has 4 aromatic rings. The average Bonchev–Trinajstić information content (AvgIpc) is 3.05. The van der Waals surface area contributed by atoms with Crippen molar-refractivity contribution < 1.29 is 17.9 Å². The highest BCUT2D eigenvalue weighted by Gasteiger charge is 2.17. The lowest BCUT2D eigenvalue weighted by molar-refractivity contribution is -0.116. The van der Waals surface area contributed by atoms with E-state index in [2.05, 4.69) is 10.3 Å². The van der Waals surface area contributed by atoms with Crippen molar-refractivity contribution in [2.75, 3.05) is 11.6 Å². The van der Waals surface area contributed by atoms with Gasteiger partial charge in [-0.15, -0.1) is 0 Å². The van der Waals surface area contributed by atoms with Crippen LogP contribution in [0.3, 0.4) is 0 Å². The van der Waals surface area contributed by atoms with Crippen molar-refractivity contribution in [3.05, 3.63) is 84.2 Å². The zero-order chi connectivity index (χ0) is 22.7. The normalized spacial score (nSPS) is 11.4. The maximum Gasteiger partial charge on any atom is 0.244 e. The number of ether oxygens (including phenoxy) is 1. The molecule has 4 rings (SSSR count). The molecular weight excluding hydrogens is 426 g/mol. The predicted molar refractivity (Wildman–Crippen MR) is 125 cm³/mol. The van der Waals surface area contributed by atoms with E-state index in [9.17, 15) is 13.2 Å². The van der Waals surface area contributed by atoms with E-state index in [-0.39, 0.29) is 18.2 Å². The number of para-hydroxylation sites is 2. The molecule has 3 aromatic carbocycles. The van der Waals surface area contributed by atoms with Crippen molar-refractivity contribution in [2.45, 2.75) is 19.2 Å². The summed E-state index contributed by atoms with van der Waals surface area (Å²) in [5.74, 6) is 1.22. The van der Waals surface area contributed by atoms with Gasteiger partial charge in [0.2, 0.25) is 5.91 Å². The topological polar surface area (TPSA) is 90.3 Å². The number of amides is 1. The number of hydrogen-bond donors (Lipinski definition) is 1. The molecule has 8 heteroatoms. The van der Waals surface area contributed by atoms with Crippen molar-refractivity contribution in [3.8, 4) is 11.5 Å². The first-order valence-corrected chi connectivity index (χ1v) is 12.1. The van der Waals surface area contributed by atoms with Crippen LogP contribution in [0.4, 0.5) is 5.69 Å². The van der Waals surface area contributed by atoms with E-state index < -0.39 is 9.84 Å². The average molecular weight is 450 g/mol. The summed E-state index contributed by atoms with van der Waals surface area (Å²) >= 11 is 0. The molecule has 1 N–H and O–H groups in total. The third kappa shape index (κ3) is 5.33. The van der Waals surface area contributed by atoms with E-state index in [0.29, 0.717) is 28.3 Å². The summed E-state index contributed by atoms with van der Waals surface area (Å²) in [5, 5.41) is 2.84. The number of rotatable bonds is 7. The predicted octanol–water partition coefficient (Wildman–Crippen LogP) is 4.32. The van der Waals surface area contributed by atoms with Crippen LogP contribution in [0.5, 0.6) is 11.5 Å². The van der Waals surface area contributed by atoms with Crippen LogP contribution in [0.1, 0.15) is 11.4 Å². The fourth-order valence-corrected chi connectivity index (χ4v) is 4.10. The van der Waals surface area contributed by atoms with Crippen LogP contribution in [-0.4, -0.2) is 30.1 Å². The summed E-state index contributed by atoms with van der Waals surface area (Å²) in [4.78, 5) is 17.1. The molecule has 0 fully saturated rings. The molecular formula is C24H23N3O4S. The van der Waals surface area contributed by atoms with E-state index in [1.54, 1.807) is 34.9 Å². The minimum Gasteiger partial charge on any atom is -0.457 e. The zero-order valence-electron chi connectivity index (χ0n) is 17.8. The third-order valence-corrected chi connectivity index (χ3v) is 5.57. The van der Waals surface area contributed by atoms with Gasteiger partial charge in [0.25, 0.3) is 0 Å². The molecule has 0 aliphatic carbocycles. The van der Waals surface area contributed by atoms with Crippen molar-refractivity contribution in [3.63, 3.8) is 0 Å². The first kappa shape index (κ1) is 21.6. The Labute approximate surface area is 186 Å². The monoisotopic (exact) mass is 449 g/mol. The van der Waals surface area contributed by atoms with Gasteiger partial charge >= 0.3 is 0 Å². The number of sulfone groups is 1. The molecule has 0 spiro atoms. The second kappa shape index (κ2) is 8.84. The van der Waals surface area contributed by atoms with Crippen molar-refractivity contribution >= 4 is 32.5 Å². The fourth-order valence-electron chi connectivity index (χ4n) is 3.41. The number of fused-ring (bicyclic) bond motifs is 1. The van der Waals surface area contributed by atoms with Gasteiger partial charge < -0.3 is 14.6 Å². The zero-order valence-corrected chi connectivity index (χ0v) is 18.6. The molecule has 0 aliphatic heterocycles. The summed E-state index contributed by atoms with van der Waals surface area (Å²) in [5.41, 5.74) is 3.08. The summed E-state index contributed by atoms with van der Waals surface area (Å²) in [6.07, 6.45) is 1.15. The SMILES string of the molecule is Cc1cccc(Oc2ccc(NC(=O)Cn3c(CS(C)(=O)=O)nc4ccccc43)cc2)c1. The van der Waals surface area contributed by atoms with E-state index in [1.165, 1.54) is 0 Å². The first-order valence-electron chi connectivity index (χ1n) is 10.0. The number of benzene rings is 3. The second-order valence-electron chi connectivity index (χ2n) is 7.66. The quantitative estimate of drug-likeness (QED) is 0.454. The number of aromatic nitrogens is 2. The van der Waals surface area contributed by atoms with Crippen LogP contribution in [0, 0.1) is 6.92 Å². The molecule has 0 saturated heterocycles. The Bertz CT molecular complexity index is 1380. The van der Waals surface area contributed by atoms with Gasteiger partial charge in [-0.25, -0.2) is 13.4 Å². The summed E-state index contributed by atoms with van der Waals surface area (Å²) < 4.78 is 31.1. The van der Waals surface area contributed by atoms with Crippen LogP contribution >= 0.6 is 0 Å². The Kier molecular flexibility index (Phi) is 5.96. The maximum atomic E-state index is 12.7. The lowest BCUT2D eigenvalue weighted by Gasteiger charge is -2.11. The third-order valence-electron chi connectivity index (χ3n) is 4.79. The molecule has 164 valence electrons. The molecule has 1 aromatic heterocycles. The minimum absolute atomic E-state index is 0.0487. The van der Waals surface area contributed by atoms with E-state index in [0.717, 1.165) is 17.6 Å². The van der Waals surface area contributed by atoms with Crippen molar-refractivity contribution in [1.82, 2.24) is 9.55 Å². The van der Waals surface area contributed by atoms with E-state index >= 15 is 0 Å². The second-order valence-corrected chi connectivity index (χ2v) is 9.80. The number of anilines is 1. The fraction of sp³-hybridized carbons (Fsp3) is 0.167. The summed E-state index contributed by atoms with van der Waals surface area (Å²) in [6, 6.07) is 22.1. The van der Waals surface area contributed by atoms with Crippen LogP contribution in [-0.2, 0) is 26.9 Å². The molecule has 0 aliphatic rings. The molecule has 0 radical (unpaired) electrons. The Balaban J connectivity index is 1.48. The molecule has 0 bridgehead atoms. The Morgan fingerprint density at radius 1 is 1.00 bits per heavy atom. The van der Waals surface area contributed by atoms with E-state index in [1.807, 2.05) is 49.4 Å². The van der Waals surface area contributed by atoms with Gasteiger partial charge in [-0.2, -0.15) is 0 Å². The molecule has 1 heterocycles. The van der Waals surface area contributed by atoms with Crippen LogP contribution in [0.25, 0.3) is 11.0 Å². The van der Waals surface area contributed by atoms with Crippen molar-refractivity contribution in [2.24, 2.45) is 0 Å². The van der Waals surface area contributed by atoms with Crippen LogP contribution in [0.15, 0.2) is 72.8 Å². The smallest absolute Gasteiger partial charge is 0.244 e. The Morgan fingerprint density at radius 2 is 1.75 bits per heavy atom. The number of nitrogens with zero attached hydrogens (tertiary/aromatic N) is 2. The lowest BCUT2D eigenvalue weighted by Crippen LogP contribution is -2.21. The van der Waals surface area contributed by atoms with Gasteiger partial charge in [-0.05, 0) is 61.0 Å². The summed E-state index contributed by atoms with van der Waals surface area (Å²) in [6.45, 7) is 1.95. The highest BCUT2D eigenvalue weighted by atomic mass is 32.2. The summed E-state index contributed by atoms with van der Waals surface area (Å²) in [7, 11) is -3.30. The molecule has 7 nitrogen and oxygen atoms in total. The largest absolute Gasteiger partial charge is 0.457 e.